The molecule has 0 aromatic heterocycles. The zero-order valence-corrected chi connectivity index (χ0v) is 18.3. The molecule has 8 nitrogen and oxygen atoms in total. The van der Waals surface area contributed by atoms with Crippen molar-refractivity contribution < 1.29 is 23.9 Å². The molecule has 2 N–H and O–H groups in total. The Balaban J connectivity index is 1.39. The van der Waals surface area contributed by atoms with E-state index >= 15 is 0 Å². The molecule has 1 heterocycles. The SMILES string of the molecule is CC(=O)CCc1ccc(OCC(=O)Nc2ccc(NC(=O)CN3CCOCC3)cc2)cc1. The van der Waals surface area contributed by atoms with E-state index in [-0.39, 0.29) is 24.2 Å². The Labute approximate surface area is 187 Å². The van der Waals surface area contributed by atoms with Crippen LogP contribution in [0.15, 0.2) is 48.5 Å². The second kappa shape index (κ2) is 12.0. The number of rotatable bonds is 10. The number of morpholine rings is 1. The van der Waals surface area contributed by atoms with Gasteiger partial charge in [0.2, 0.25) is 5.91 Å². The van der Waals surface area contributed by atoms with E-state index in [1.54, 1.807) is 43.3 Å². The molecule has 1 fully saturated rings. The van der Waals surface area contributed by atoms with Crippen LogP contribution in [0.5, 0.6) is 5.75 Å². The van der Waals surface area contributed by atoms with Crippen LogP contribution >= 0.6 is 0 Å². The lowest BCUT2D eigenvalue weighted by Gasteiger charge is -2.25. The lowest BCUT2D eigenvalue weighted by molar-refractivity contribution is -0.119. The molecule has 0 bridgehead atoms. The molecule has 0 atom stereocenters. The number of nitrogens with zero attached hydrogens (tertiary/aromatic N) is 1. The molecule has 32 heavy (non-hydrogen) atoms. The molecule has 3 rings (SSSR count). The molecule has 2 amide bonds. The summed E-state index contributed by atoms with van der Waals surface area (Å²) in [5, 5.41) is 5.62. The lowest BCUT2D eigenvalue weighted by atomic mass is 10.1. The fourth-order valence-electron chi connectivity index (χ4n) is 3.22. The average molecular weight is 440 g/mol. The van der Waals surface area contributed by atoms with Crippen molar-refractivity contribution in [2.75, 3.05) is 50.1 Å². The quantitative estimate of drug-likeness (QED) is 0.591. The second-order valence-corrected chi connectivity index (χ2v) is 7.70. The van der Waals surface area contributed by atoms with Crippen LogP contribution in [-0.2, 0) is 25.5 Å². The smallest absolute Gasteiger partial charge is 0.262 e. The van der Waals surface area contributed by atoms with Gasteiger partial charge >= 0.3 is 0 Å². The maximum atomic E-state index is 12.2. The van der Waals surface area contributed by atoms with Gasteiger partial charge < -0.3 is 24.9 Å². The number of amides is 2. The summed E-state index contributed by atoms with van der Waals surface area (Å²) in [6, 6.07) is 14.3. The van der Waals surface area contributed by atoms with Crippen molar-refractivity contribution in [3.05, 3.63) is 54.1 Å². The zero-order chi connectivity index (χ0) is 22.8. The topological polar surface area (TPSA) is 97.0 Å². The van der Waals surface area contributed by atoms with Gasteiger partial charge in [-0.25, -0.2) is 0 Å². The molecule has 1 saturated heterocycles. The van der Waals surface area contributed by atoms with Crippen molar-refractivity contribution in [2.24, 2.45) is 0 Å². The van der Waals surface area contributed by atoms with Crippen molar-refractivity contribution in [3.8, 4) is 5.75 Å². The molecule has 1 aliphatic rings. The summed E-state index contributed by atoms with van der Waals surface area (Å²) in [4.78, 5) is 37.4. The van der Waals surface area contributed by atoms with Crippen molar-refractivity contribution in [1.29, 1.82) is 0 Å². The monoisotopic (exact) mass is 439 g/mol. The molecule has 0 spiro atoms. The highest BCUT2D eigenvalue weighted by Crippen LogP contribution is 2.15. The van der Waals surface area contributed by atoms with Crippen LogP contribution in [0.4, 0.5) is 11.4 Å². The van der Waals surface area contributed by atoms with Crippen LogP contribution in [0, 0.1) is 0 Å². The maximum absolute atomic E-state index is 12.2. The second-order valence-electron chi connectivity index (χ2n) is 7.70. The van der Waals surface area contributed by atoms with Crippen molar-refractivity contribution in [1.82, 2.24) is 4.90 Å². The molecule has 2 aromatic rings. The highest BCUT2D eigenvalue weighted by molar-refractivity contribution is 5.94. The Morgan fingerprint density at radius 2 is 1.50 bits per heavy atom. The van der Waals surface area contributed by atoms with E-state index in [0.29, 0.717) is 49.7 Å². The minimum absolute atomic E-state index is 0.0793. The van der Waals surface area contributed by atoms with Crippen LogP contribution in [-0.4, -0.2) is 62.0 Å². The Hall–Kier alpha value is -3.23. The first-order chi connectivity index (χ1) is 15.5. The summed E-state index contributed by atoms with van der Waals surface area (Å²) in [6.45, 7) is 4.60. The van der Waals surface area contributed by atoms with Gasteiger partial charge in [0, 0.05) is 30.9 Å². The van der Waals surface area contributed by atoms with Gasteiger partial charge in [0.25, 0.3) is 5.91 Å². The van der Waals surface area contributed by atoms with E-state index in [4.69, 9.17) is 9.47 Å². The van der Waals surface area contributed by atoms with E-state index in [2.05, 4.69) is 10.6 Å². The normalized spacial score (nSPS) is 13.9. The first-order valence-electron chi connectivity index (χ1n) is 10.7. The third-order valence-electron chi connectivity index (χ3n) is 4.98. The minimum atomic E-state index is -0.283. The zero-order valence-electron chi connectivity index (χ0n) is 18.3. The molecule has 2 aromatic carbocycles. The Morgan fingerprint density at radius 3 is 2.09 bits per heavy atom. The molecule has 170 valence electrons. The summed E-state index contributed by atoms with van der Waals surface area (Å²) in [7, 11) is 0. The van der Waals surface area contributed by atoms with Gasteiger partial charge in [-0.05, 0) is 55.3 Å². The molecule has 0 radical (unpaired) electrons. The molecule has 0 saturated carbocycles. The lowest BCUT2D eigenvalue weighted by Crippen LogP contribution is -2.41. The predicted octanol–water partition coefficient (Wildman–Crippen LogP) is 2.50. The number of hydrogen-bond acceptors (Lipinski definition) is 6. The number of Topliss-reactive ketones (excluding diaryl/α,β-unsaturated/α-hetero) is 1. The van der Waals surface area contributed by atoms with Gasteiger partial charge in [0.05, 0.1) is 19.8 Å². The largest absolute Gasteiger partial charge is 0.484 e. The first-order valence-corrected chi connectivity index (χ1v) is 10.7. The van der Waals surface area contributed by atoms with Crippen LogP contribution < -0.4 is 15.4 Å². The van der Waals surface area contributed by atoms with Crippen LogP contribution in [0.3, 0.4) is 0 Å². The number of carbonyl (C=O) groups excluding carboxylic acids is 3. The van der Waals surface area contributed by atoms with E-state index < -0.39 is 0 Å². The number of ketones is 1. The third kappa shape index (κ3) is 8.13. The summed E-state index contributed by atoms with van der Waals surface area (Å²) in [5.74, 6) is 0.384. The first kappa shape index (κ1) is 23.4. The predicted molar refractivity (Wildman–Crippen MR) is 122 cm³/mol. The van der Waals surface area contributed by atoms with Gasteiger partial charge in [0.1, 0.15) is 11.5 Å². The number of hydrogen-bond donors (Lipinski definition) is 2. The number of ether oxygens (including phenoxy) is 2. The van der Waals surface area contributed by atoms with Crippen molar-refractivity contribution >= 4 is 29.0 Å². The summed E-state index contributed by atoms with van der Waals surface area (Å²) in [5.41, 5.74) is 2.33. The van der Waals surface area contributed by atoms with Gasteiger partial charge in [-0.1, -0.05) is 12.1 Å². The highest BCUT2D eigenvalue weighted by atomic mass is 16.5. The molecule has 8 heteroatoms. The number of carbonyl (C=O) groups is 3. The molecule has 0 unspecified atom stereocenters. The van der Waals surface area contributed by atoms with Gasteiger partial charge in [0.15, 0.2) is 6.61 Å². The molecule has 0 aliphatic carbocycles. The van der Waals surface area contributed by atoms with Crippen molar-refractivity contribution in [2.45, 2.75) is 19.8 Å². The van der Waals surface area contributed by atoms with E-state index in [1.807, 2.05) is 17.0 Å². The number of anilines is 2. The van der Waals surface area contributed by atoms with E-state index in [0.717, 1.165) is 18.7 Å². The Bertz CT molecular complexity index is 906. The molecular weight excluding hydrogens is 410 g/mol. The minimum Gasteiger partial charge on any atom is -0.484 e. The van der Waals surface area contributed by atoms with Crippen LogP contribution in [0.2, 0.25) is 0 Å². The summed E-state index contributed by atoms with van der Waals surface area (Å²) >= 11 is 0. The number of nitrogens with one attached hydrogen (secondary N) is 2. The summed E-state index contributed by atoms with van der Waals surface area (Å²) < 4.78 is 10.8. The maximum Gasteiger partial charge on any atom is 0.262 e. The Morgan fingerprint density at radius 1 is 0.906 bits per heavy atom. The Kier molecular flexibility index (Phi) is 8.77. The van der Waals surface area contributed by atoms with Crippen LogP contribution in [0.25, 0.3) is 0 Å². The fourth-order valence-corrected chi connectivity index (χ4v) is 3.22. The van der Waals surface area contributed by atoms with Gasteiger partial charge in [-0.2, -0.15) is 0 Å². The third-order valence-corrected chi connectivity index (χ3v) is 4.98. The van der Waals surface area contributed by atoms with E-state index in [9.17, 15) is 14.4 Å². The summed E-state index contributed by atoms with van der Waals surface area (Å²) in [6.07, 6.45) is 1.21. The fraction of sp³-hybridized carbons (Fsp3) is 0.375. The van der Waals surface area contributed by atoms with Gasteiger partial charge in [-0.15, -0.1) is 0 Å². The van der Waals surface area contributed by atoms with Crippen molar-refractivity contribution in [3.63, 3.8) is 0 Å². The highest BCUT2D eigenvalue weighted by Gasteiger charge is 2.14. The number of benzene rings is 2. The van der Waals surface area contributed by atoms with E-state index in [1.165, 1.54) is 0 Å². The molecule has 1 aliphatic heterocycles. The standard InChI is InChI=1S/C24H29N3O5/c1-18(28)2-3-19-4-10-22(11-5-19)32-17-24(30)26-21-8-6-20(7-9-21)25-23(29)16-27-12-14-31-15-13-27/h4-11H,2-3,12-17H2,1H3,(H,25,29)(H,26,30). The molecular formula is C24H29N3O5. The average Bonchev–Trinajstić information content (AvgIpc) is 2.79. The number of aryl methyl sites for hydroxylation is 1. The van der Waals surface area contributed by atoms with Gasteiger partial charge in [-0.3, -0.25) is 14.5 Å². The van der Waals surface area contributed by atoms with Crippen LogP contribution in [0.1, 0.15) is 18.9 Å².